The van der Waals surface area contributed by atoms with Gasteiger partial charge in [-0.15, -0.1) is 0 Å². The Balaban J connectivity index is 1.66. The van der Waals surface area contributed by atoms with E-state index in [4.69, 9.17) is 9.47 Å². The highest BCUT2D eigenvalue weighted by Gasteiger charge is 2.30. The van der Waals surface area contributed by atoms with Crippen molar-refractivity contribution in [1.29, 1.82) is 0 Å². The van der Waals surface area contributed by atoms with Crippen molar-refractivity contribution in [3.05, 3.63) is 29.3 Å². The largest absolute Gasteiger partial charge is 0.452 e. The van der Waals surface area contributed by atoms with Crippen LogP contribution in [0.15, 0.2) is 23.1 Å². The summed E-state index contributed by atoms with van der Waals surface area (Å²) < 4.78 is 37.2. The first-order valence-electron chi connectivity index (χ1n) is 9.44. The van der Waals surface area contributed by atoms with Crippen LogP contribution >= 0.6 is 0 Å². The second-order valence-corrected chi connectivity index (χ2v) is 9.20. The minimum Gasteiger partial charge on any atom is -0.452 e. The van der Waals surface area contributed by atoms with Gasteiger partial charge in [0.05, 0.1) is 23.7 Å². The first-order chi connectivity index (χ1) is 13.3. The molecule has 2 aliphatic rings. The minimum absolute atomic E-state index is 0.0266. The molecule has 1 heterocycles. The normalized spacial score (nSPS) is 19.1. The molecule has 0 aromatic heterocycles. The lowest BCUT2D eigenvalue weighted by atomic mass is 10.1. The zero-order chi connectivity index (χ0) is 20.3. The van der Waals surface area contributed by atoms with E-state index in [1.165, 1.54) is 16.4 Å². The van der Waals surface area contributed by atoms with Crippen LogP contribution in [0.1, 0.15) is 35.7 Å². The molecule has 1 atom stereocenters. The van der Waals surface area contributed by atoms with Gasteiger partial charge in [0, 0.05) is 19.1 Å². The Morgan fingerprint density at radius 1 is 1.29 bits per heavy atom. The number of nitrogens with zero attached hydrogens (tertiary/aromatic N) is 1. The minimum atomic E-state index is -3.72. The fraction of sp³-hybridized carbons (Fsp3) is 0.579. The quantitative estimate of drug-likeness (QED) is 0.675. The molecule has 1 aliphatic heterocycles. The van der Waals surface area contributed by atoms with Gasteiger partial charge in [-0.25, -0.2) is 13.2 Å². The van der Waals surface area contributed by atoms with Crippen LogP contribution in [-0.4, -0.2) is 63.6 Å². The van der Waals surface area contributed by atoms with Crippen LogP contribution in [0.3, 0.4) is 0 Å². The molecule has 0 unspecified atom stereocenters. The summed E-state index contributed by atoms with van der Waals surface area (Å²) in [6.07, 6.45) is 2.20. The van der Waals surface area contributed by atoms with Crippen molar-refractivity contribution >= 4 is 21.9 Å². The average Bonchev–Trinajstić information content (AvgIpc) is 3.52. The van der Waals surface area contributed by atoms with Crippen LogP contribution in [0, 0.1) is 12.8 Å². The van der Waals surface area contributed by atoms with Crippen LogP contribution in [0.4, 0.5) is 0 Å². The summed E-state index contributed by atoms with van der Waals surface area (Å²) in [4.78, 5) is 24.4. The fourth-order valence-electron chi connectivity index (χ4n) is 3.14. The van der Waals surface area contributed by atoms with E-state index in [2.05, 4.69) is 5.32 Å². The van der Waals surface area contributed by atoms with Crippen molar-refractivity contribution in [3.63, 3.8) is 0 Å². The average molecular weight is 410 g/mol. The van der Waals surface area contributed by atoms with Gasteiger partial charge < -0.3 is 14.8 Å². The molecule has 3 rings (SSSR count). The summed E-state index contributed by atoms with van der Waals surface area (Å²) in [5.41, 5.74) is 0.718. The lowest BCUT2D eigenvalue weighted by Crippen LogP contribution is -2.40. The molecule has 1 saturated carbocycles. The molecule has 1 amide bonds. The number of benzene rings is 1. The third-order valence-electron chi connectivity index (χ3n) is 5.09. The van der Waals surface area contributed by atoms with Crippen molar-refractivity contribution < 1.29 is 27.5 Å². The monoisotopic (exact) mass is 410 g/mol. The smallest absolute Gasteiger partial charge is 0.338 e. The molecule has 1 aromatic rings. The van der Waals surface area contributed by atoms with Gasteiger partial charge in [-0.3, -0.25) is 4.79 Å². The second kappa shape index (κ2) is 8.59. The molecule has 0 spiro atoms. The van der Waals surface area contributed by atoms with Crippen LogP contribution in [0.25, 0.3) is 0 Å². The summed E-state index contributed by atoms with van der Waals surface area (Å²) in [6, 6.07) is 4.42. The van der Waals surface area contributed by atoms with Gasteiger partial charge >= 0.3 is 5.97 Å². The summed E-state index contributed by atoms with van der Waals surface area (Å²) in [5, 5.41) is 2.81. The van der Waals surface area contributed by atoms with Crippen LogP contribution < -0.4 is 5.32 Å². The Hall–Kier alpha value is -1.97. The first-order valence-corrected chi connectivity index (χ1v) is 10.9. The molecule has 1 aliphatic carbocycles. The number of morpholine rings is 1. The first kappa shape index (κ1) is 20.8. The lowest BCUT2D eigenvalue weighted by Gasteiger charge is -2.26. The number of hydrogen-bond acceptors (Lipinski definition) is 6. The number of carbonyl (C=O) groups is 2. The lowest BCUT2D eigenvalue weighted by molar-refractivity contribution is -0.125. The van der Waals surface area contributed by atoms with Gasteiger partial charge in [-0.2, -0.15) is 4.31 Å². The number of esters is 1. The number of amides is 1. The highest BCUT2D eigenvalue weighted by atomic mass is 32.2. The molecule has 0 radical (unpaired) electrons. The highest BCUT2D eigenvalue weighted by Crippen LogP contribution is 2.32. The van der Waals surface area contributed by atoms with Crippen LogP contribution in [0.2, 0.25) is 0 Å². The highest BCUT2D eigenvalue weighted by molar-refractivity contribution is 7.89. The van der Waals surface area contributed by atoms with E-state index in [0.29, 0.717) is 24.7 Å². The van der Waals surface area contributed by atoms with E-state index in [1.807, 2.05) is 6.92 Å². The molecule has 1 N–H and O–H groups in total. The fourth-order valence-corrected chi connectivity index (χ4v) is 4.57. The Bertz CT molecular complexity index is 844. The van der Waals surface area contributed by atoms with E-state index in [1.54, 1.807) is 13.0 Å². The second-order valence-electron chi connectivity index (χ2n) is 7.26. The van der Waals surface area contributed by atoms with E-state index in [-0.39, 0.29) is 35.5 Å². The summed E-state index contributed by atoms with van der Waals surface area (Å²) in [7, 11) is -3.72. The number of aryl methyl sites for hydroxylation is 1. The predicted molar refractivity (Wildman–Crippen MR) is 101 cm³/mol. The Morgan fingerprint density at radius 3 is 2.61 bits per heavy atom. The van der Waals surface area contributed by atoms with E-state index in [0.717, 1.165) is 12.8 Å². The number of rotatable bonds is 7. The van der Waals surface area contributed by atoms with Crippen molar-refractivity contribution in [2.75, 3.05) is 32.9 Å². The Morgan fingerprint density at radius 2 is 1.96 bits per heavy atom. The standard InChI is InChI=1S/C19H26N2O6S/c1-13-3-6-16(28(24,25)21-7-9-26-10-8-21)11-17(13)19(23)27-12-18(22)20-14(2)15-4-5-15/h3,6,11,14-15H,4-5,7-10,12H2,1-2H3,(H,20,22)/t14-/m0/s1. The summed E-state index contributed by atoms with van der Waals surface area (Å²) in [5.74, 6) is -0.572. The van der Waals surface area contributed by atoms with E-state index in [9.17, 15) is 18.0 Å². The van der Waals surface area contributed by atoms with Gasteiger partial charge in [0.15, 0.2) is 6.61 Å². The van der Waals surface area contributed by atoms with Gasteiger partial charge in [0.2, 0.25) is 10.0 Å². The van der Waals surface area contributed by atoms with Crippen molar-refractivity contribution in [3.8, 4) is 0 Å². The molecule has 8 nitrogen and oxygen atoms in total. The SMILES string of the molecule is Cc1ccc(S(=O)(=O)N2CCOCC2)cc1C(=O)OCC(=O)N[C@@H](C)C1CC1. The number of ether oxygens (including phenoxy) is 2. The predicted octanol–water partition coefficient (Wildman–Crippen LogP) is 1.09. The molecular formula is C19H26N2O6S. The zero-order valence-corrected chi connectivity index (χ0v) is 17.0. The van der Waals surface area contributed by atoms with Crippen molar-refractivity contribution in [2.45, 2.75) is 37.6 Å². The molecule has 2 fully saturated rings. The van der Waals surface area contributed by atoms with Gasteiger partial charge in [-0.05, 0) is 50.3 Å². The third-order valence-corrected chi connectivity index (χ3v) is 6.98. The molecule has 28 heavy (non-hydrogen) atoms. The van der Waals surface area contributed by atoms with E-state index < -0.39 is 22.6 Å². The van der Waals surface area contributed by atoms with E-state index >= 15 is 0 Å². The number of hydrogen-bond donors (Lipinski definition) is 1. The molecule has 9 heteroatoms. The molecule has 1 aromatic carbocycles. The summed E-state index contributed by atoms with van der Waals surface area (Å²) >= 11 is 0. The number of sulfonamides is 1. The maximum atomic E-state index is 12.8. The van der Waals surface area contributed by atoms with Crippen molar-refractivity contribution in [1.82, 2.24) is 9.62 Å². The summed E-state index contributed by atoms with van der Waals surface area (Å²) in [6.45, 7) is 4.46. The van der Waals surface area contributed by atoms with Crippen molar-refractivity contribution in [2.24, 2.45) is 5.92 Å². The molecule has 1 saturated heterocycles. The third kappa shape index (κ3) is 4.89. The van der Waals surface area contributed by atoms with Gasteiger partial charge in [-0.1, -0.05) is 6.07 Å². The van der Waals surface area contributed by atoms with Crippen LogP contribution in [-0.2, 0) is 24.3 Å². The topological polar surface area (TPSA) is 102 Å². The maximum absolute atomic E-state index is 12.8. The Kier molecular flexibility index (Phi) is 6.36. The maximum Gasteiger partial charge on any atom is 0.338 e. The number of carbonyl (C=O) groups excluding carboxylic acids is 2. The van der Waals surface area contributed by atoms with Gasteiger partial charge in [0.25, 0.3) is 5.91 Å². The number of nitrogens with one attached hydrogen (secondary N) is 1. The van der Waals surface area contributed by atoms with Gasteiger partial charge in [0.1, 0.15) is 0 Å². The Labute approximate surface area is 165 Å². The molecular weight excluding hydrogens is 384 g/mol. The van der Waals surface area contributed by atoms with Crippen LogP contribution in [0.5, 0.6) is 0 Å². The molecule has 154 valence electrons. The zero-order valence-electron chi connectivity index (χ0n) is 16.1. The molecule has 0 bridgehead atoms.